The molecule has 0 unspecified atom stereocenters. The highest BCUT2D eigenvalue weighted by atomic mass is 32.1. The van der Waals surface area contributed by atoms with Crippen LogP contribution in [-0.2, 0) is 9.53 Å². The van der Waals surface area contributed by atoms with Crippen molar-refractivity contribution in [2.45, 2.75) is 25.7 Å². The van der Waals surface area contributed by atoms with E-state index in [-0.39, 0.29) is 5.97 Å². The molecule has 0 aliphatic carbocycles. The second kappa shape index (κ2) is 10.7. The Labute approximate surface area is 142 Å². The molecule has 0 aromatic heterocycles. The predicted molar refractivity (Wildman–Crippen MR) is 94.3 cm³/mol. The maximum absolute atomic E-state index is 11.0. The lowest BCUT2D eigenvalue weighted by Crippen LogP contribution is -2.29. The van der Waals surface area contributed by atoms with Crippen molar-refractivity contribution in [3.8, 4) is 11.5 Å². The first-order valence-corrected chi connectivity index (χ1v) is 7.85. The second-order valence-electron chi connectivity index (χ2n) is 4.84. The van der Waals surface area contributed by atoms with E-state index >= 15 is 0 Å². The standard InChI is InChI=1S/C16H24N2O4S/c1-20-13-9-8-12(11-14(13)21-2)18-16(23)17-10-6-4-5-7-15(19)22-3/h8-9,11H,4-7,10H2,1-3H3,(H2,17,18,23). The van der Waals surface area contributed by atoms with Crippen molar-refractivity contribution < 1.29 is 19.0 Å². The van der Waals surface area contributed by atoms with E-state index in [1.807, 2.05) is 18.2 Å². The van der Waals surface area contributed by atoms with E-state index in [2.05, 4.69) is 15.4 Å². The molecule has 0 amide bonds. The number of nitrogens with one attached hydrogen (secondary N) is 2. The van der Waals surface area contributed by atoms with Gasteiger partial charge in [0.1, 0.15) is 0 Å². The normalized spacial score (nSPS) is 9.87. The molecule has 0 saturated heterocycles. The van der Waals surface area contributed by atoms with Crippen molar-refractivity contribution in [1.29, 1.82) is 0 Å². The number of methoxy groups -OCH3 is 3. The number of rotatable bonds is 9. The van der Waals surface area contributed by atoms with Crippen LogP contribution in [0.3, 0.4) is 0 Å². The molecule has 1 rings (SSSR count). The van der Waals surface area contributed by atoms with Gasteiger partial charge in [0, 0.05) is 24.7 Å². The summed E-state index contributed by atoms with van der Waals surface area (Å²) >= 11 is 5.25. The van der Waals surface area contributed by atoms with Crippen molar-refractivity contribution in [1.82, 2.24) is 5.32 Å². The highest BCUT2D eigenvalue weighted by Gasteiger charge is 2.05. The van der Waals surface area contributed by atoms with Gasteiger partial charge in [-0.2, -0.15) is 0 Å². The number of thiocarbonyl (C=S) groups is 1. The van der Waals surface area contributed by atoms with E-state index in [0.717, 1.165) is 31.5 Å². The summed E-state index contributed by atoms with van der Waals surface area (Å²) in [5.41, 5.74) is 0.825. The first kappa shape index (κ1) is 19.0. The van der Waals surface area contributed by atoms with Crippen LogP contribution in [-0.4, -0.2) is 39.0 Å². The molecule has 23 heavy (non-hydrogen) atoms. The lowest BCUT2D eigenvalue weighted by molar-refractivity contribution is -0.140. The Kier molecular flexibility index (Phi) is 8.82. The van der Waals surface area contributed by atoms with Crippen LogP contribution in [0.25, 0.3) is 0 Å². The van der Waals surface area contributed by atoms with Gasteiger partial charge in [0.25, 0.3) is 0 Å². The topological polar surface area (TPSA) is 68.8 Å². The molecule has 0 spiro atoms. The number of carbonyl (C=O) groups excluding carboxylic acids is 1. The van der Waals surface area contributed by atoms with Gasteiger partial charge in [0.2, 0.25) is 0 Å². The maximum Gasteiger partial charge on any atom is 0.305 e. The molecule has 0 fully saturated rings. The fourth-order valence-corrected chi connectivity index (χ4v) is 2.18. The Bertz CT molecular complexity index is 523. The van der Waals surface area contributed by atoms with Crippen molar-refractivity contribution in [3.05, 3.63) is 18.2 Å². The molecular weight excluding hydrogens is 316 g/mol. The maximum atomic E-state index is 11.0. The van der Waals surface area contributed by atoms with Gasteiger partial charge >= 0.3 is 5.97 Å². The Morgan fingerprint density at radius 1 is 1.09 bits per heavy atom. The van der Waals surface area contributed by atoms with Gasteiger partial charge in [-0.25, -0.2) is 0 Å². The summed E-state index contributed by atoms with van der Waals surface area (Å²) in [4.78, 5) is 11.0. The minimum atomic E-state index is -0.163. The zero-order valence-corrected chi connectivity index (χ0v) is 14.6. The summed E-state index contributed by atoms with van der Waals surface area (Å²) in [6.07, 6.45) is 3.17. The van der Waals surface area contributed by atoms with Gasteiger partial charge in [0.05, 0.1) is 21.3 Å². The Morgan fingerprint density at radius 2 is 1.83 bits per heavy atom. The molecule has 1 aromatic carbocycles. The molecule has 0 atom stereocenters. The first-order valence-electron chi connectivity index (χ1n) is 7.44. The number of anilines is 1. The molecule has 128 valence electrons. The van der Waals surface area contributed by atoms with Gasteiger partial charge in [-0.15, -0.1) is 0 Å². The molecule has 2 N–H and O–H groups in total. The van der Waals surface area contributed by atoms with Gasteiger partial charge in [-0.1, -0.05) is 6.42 Å². The molecule has 0 aliphatic rings. The minimum Gasteiger partial charge on any atom is -0.493 e. The average molecular weight is 340 g/mol. The zero-order chi connectivity index (χ0) is 17.1. The summed E-state index contributed by atoms with van der Waals surface area (Å²) in [7, 11) is 4.59. The molecule has 0 radical (unpaired) electrons. The summed E-state index contributed by atoms with van der Waals surface area (Å²) in [6.45, 7) is 0.750. The summed E-state index contributed by atoms with van der Waals surface area (Å²) in [6, 6.07) is 5.51. The summed E-state index contributed by atoms with van der Waals surface area (Å²) < 4.78 is 15.0. The van der Waals surface area contributed by atoms with E-state index < -0.39 is 0 Å². The SMILES string of the molecule is COC(=O)CCCCCNC(=S)Nc1ccc(OC)c(OC)c1. The summed E-state index contributed by atoms with van der Waals surface area (Å²) in [5, 5.41) is 6.77. The van der Waals surface area contributed by atoms with Crippen LogP contribution < -0.4 is 20.1 Å². The van der Waals surface area contributed by atoms with Crippen LogP contribution in [0.4, 0.5) is 5.69 Å². The lowest BCUT2D eigenvalue weighted by atomic mass is 10.2. The third-order valence-corrected chi connectivity index (χ3v) is 3.46. The highest BCUT2D eigenvalue weighted by molar-refractivity contribution is 7.80. The second-order valence-corrected chi connectivity index (χ2v) is 5.25. The Morgan fingerprint density at radius 3 is 2.48 bits per heavy atom. The Balaban J connectivity index is 2.27. The number of carbonyl (C=O) groups is 1. The van der Waals surface area contributed by atoms with Crippen LogP contribution in [0, 0.1) is 0 Å². The van der Waals surface area contributed by atoms with E-state index in [4.69, 9.17) is 21.7 Å². The number of hydrogen-bond acceptors (Lipinski definition) is 5. The van der Waals surface area contributed by atoms with Crippen LogP contribution >= 0.6 is 12.2 Å². The van der Waals surface area contributed by atoms with E-state index in [0.29, 0.717) is 23.0 Å². The lowest BCUT2D eigenvalue weighted by Gasteiger charge is -2.13. The average Bonchev–Trinajstić information content (AvgIpc) is 2.57. The fraction of sp³-hybridized carbons (Fsp3) is 0.500. The molecule has 1 aromatic rings. The number of hydrogen-bond donors (Lipinski definition) is 2. The molecule has 0 bridgehead atoms. The van der Waals surface area contributed by atoms with Gasteiger partial charge < -0.3 is 24.8 Å². The molecule has 6 nitrogen and oxygen atoms in total. The van der Waals surface area contributed by atoms with Gasteiger partial charge in [0.15, 0.2) is 16.6 Å². The van der Waals surface area contributed by atoms with Crippen molar-refractivity contribution in [2.24, 2.45) is 0 Å². The first-order chi connectivity index (χ1) is 11.1. The predicted octanol–water partition coefficient (Wildman–Crippen LogP) is 2.72. The smallest absolute Gasteiger partial charge is 0.305 e. The number of esters is 1. The van der Waals surface area contributed by atoms with Gasteiger partial charge in [-0.05, 0) is 37.2 Å². The molecule has 0 aliphatic heterocycles. The quantitative estimate of drug-likeness (QED) is 0.407. The third-order valence-electron chi connectivity index (χ3n) is 3.21. The molecular formula is C16H24N2O4S. The van der Waals surface area contributed by atoms with Gasteiger partial charge in [-0.3, -0.25) is 4.79 Å². The van der Waals surface area contributed by atoms with Crippen LogP contribution in [0.5, 0.6) is 11.5 Å². The third kappa shape index (κ3) is 7.19. The largest absolute Gasteiger partial charge is 0.493 e. The number of benzene rings is 1. The zero-order valence-electron chi connectivity index (χ0n) is 13.8. The van der Waals surface area contributed by atoms with Crippen molar-refractivity contribution >= 4 is 29.0 Å². The molecule has 7 heteroatoms. The highest BCUT2D eigenvalue weighted by Crippen LogP contribution is 2.29. The van der Waals surface area contributed by atoms with Crippen LogP contribution in [0.1, 0.15) is 25.7 Å². The van der Waals surface area contributed by atoms with Crippen LogP contribution in [0.15, 0.2) is 18.2 Å². The van der Waals surface area contributed by atoms with Crippen LogP contribution in [0.2, 0.25) is 0 Å². The van der Waals surface area contributed by atoms with E-state index in [1.165, 1.54) is 7.11 Å². The number of ether oxygens (including phenoxy) is 3. The monoisotopic (exact) mass is 340 g/mol. The van der Waals surface area contributed by atoms with E-state index in [9.17, 15) is 4.79 Å². The molecule has 0 saturated carbocycles. The fourth-order valence-electron chi connectivity index (χ4n) is 1.96. The number of unbranched alkanes of at least 4 members (excludes halogenated alkanes) is 2. The Hall–Kier alpha value is -2.02. The van der Waals surface area contributed by atoms with Crippen molar-refractivity contribution in [3.63, 3.8) is 0 Å². The molecule has 0 heterocycles. The van der Waals surface area contributed by atoms with Crippen molar-refractivity contribution in [2.75, 3.05) is 33.2 Å². The minimum absolute atomic E-state index is 0.163. The van der Waals surface area contributed by atoms with E-state index in [1.54, 1.807) is 14.2 Å². The summed E-state index contributed by atoms with van der Waals surface area (Å²) in [5.74, 6) is 1.15.